The SMILES string of the molecule is CCNC(=NCc1ccc(OC)c(O)c1)NCCSC.I. The Balaban J connectivity index is 0.00000400. The zero-order valence-electron chi connectivity index (χ0n) is 12.7. The average Bonchev–Trinajstić information content (AvgIpc) is 2.45. The van der Waals surface area contributed by atoms with E-state index < -0.39 is 0 Å². The first-order valence-corrected chi connectivity index (χ1v) is 7.97. The Kier molecular flexibility index (Phi) is 11.3. The number of hydrogen-bond acceptors (Lipinski definition) is 4. The number of ether oxygens (including phenoxy) is 1. The summed E-state index contributed by atoms with van der Waals surface area (Å²) in [5.74, 6) is 2.44. The number of halogens is 1. The van der Waals surface area contributed by atoms with Gasteiger partial charge in [0.2, 0.25) is 0 Å². The smallest absolute Gasteiger partial charge is 0.191 e. The number of benzene rings is 1. The molecule has 0 spiro atoms. The van der Waals surface area contributed by atoms with E-state index in [0.29, 0.717) is 12.3 Å². The van der Waals surface area contributed by atoms with Gasteiger partial charge in [-0.3, -0.25) is 0 Å². The molecule has 0 radical (unpaired) electrons. The number of nitrogens with zero attached hydrogens (tertiary/aromatic N) is 1. The van der Waals surface area contributed by atoms with Crippen LogP contribution in [0.25, 0.3) is 0 Å². The minimum Gasteiger partial charge on any atom is -0.504 e. The molecule has 7 heteroatoms. The van der Waals surface area contributed by atoms with Gasteiger partial charge in [0.15, 0.2) is 17.5 Å². The molecular formula is C14H24IN3O2S. The van der Waals surface area contributed by atoms with E-state index in [-0.39, 0.29) is 29.7 Å². The lowest BCUT2D eigenvalue weighted by Crippen LogP contribution is -2.38. The van der Waals surface area contributed by atoms with Gasteiger partial charge >= 0.3 is 0 Å². The van der Waals surface area contributed by atoms with Gasteiger partial charge in [-0.1, -0.05) is 6.07 Å². The predicted octanol–water partition coefficient (Wildman–Crippen LogP) is 2.44. The van der Waals surface area contributed by atoms with Crippen molar-refractivity contribution in [3.05, 3.63) is 23.8 Å². The number of guanidine groups is 1. The number of hydrogen-bond donors (Lipinski definition) is 3. The zero-order chi connectivity index (χ0) is 14.8. The summed E-state index contributed by atoms with van der Waals surface area (Å²) < 4.78 is 5.02. The zero-order valence-corrected chi connectivity index (χ0v) is 15.8. The number of nitrogens with one attached hydrogen (secondary N) is 2. The van der Waals surface area contributed by atoms with Crippen LogP contribution in [0, 0.1) is 0 Å². The molecule has 1 aromatic carbocycles. The molecule has 120 valence electrons. The maximum absolute atomic E-state index is 9.73. The molecule has 1 aromatic rings. The van der Waals surface area contributed by atoms with Crippen molar-refractivity contribution >= 4 is 41.7 Å². The first-order valence-electron chi connectivity index (χ1n) is 6.58. The fraction of sp³-hybridized carbons (Fsp3) is 0.500. The Bertz CT molecular complexity index is 444. The molecule has 0 unspecified atom stereocenters. The van der Waals surface area contributed by atoms with Crippen LogP contribution in [0.2, 0.25) is 0 Å². The Morgan fingerprint density at radius 2 is 2.14 bits per heavy atom. The maximum Gasteiger partial charge on any atom is 0.191 e. The van der Waals surface area contributed by atoms with Gasteiger partial charge in [0.25, 0.3) is 0 Å². The third kappa shape index (κ3) is 7.66. The summed E-state index contributed by atoms with van der Waals surface area (Å²) in [6.45, 7) is 4.23. The quantitative estimate of drug-likeness (QED) is 0.271. The monoisotopic (exact) mass is 425 g/mol. The van der Waals surface area contributed by atoms with Crippen LogP contribution in [0.3, 0.4) is 0 Å². The summed E-state index contributed by atoms with van der Waals surface area (Å²) in [4.78, 5) is 4.49. The van der Waals surface area contributed by atoms with Gasteiger partial charge in [-0.05, 0) is 30.9 Å². The van der Waals surface area contributed by atoms with Gasteiger partial charge < -0.3 is 20.5 Å². The molecule has 0 heterocycles. The van der Waals surface area contributed by atoms with Crippen molar-refractivity contribution < 1.29 is 9.84 Å². The number of methoxy groups -OCH3 is 1. The van der Waals surface area contributed by atoms with Crippen LogP contribution in [0.5, 0.6) is 11.5 Å². The van der Waals surface area contributed by atoms with Crippen LogP contribution in [-0.2, 0) is 6.54 Å². The molecule has 1 rings (SSSR count). The number of rotatable bonds is 7. The molecule has 0 aliphatic carbocycles. The summed E-state index contributed by atoms with van der Waals surface area (Å²) in [5.41, 5.74) is 0.936. The first kappa shape index (κ1) is 20.2. The van der Waals surface area contributed by atoms with Crippen molar-refractivity contribution in [3.63, 3.8) is 0 Å². The molecule has 0 bridgehead atoms. The number of aromatic hydroxyl groups is 1. The highest BCUT2D eigenvalue weighted by atomic mass is 127. The van der Waals surface area contributed by atoms with E-state index in [1.807, 2.05) is 13.0 Å². The molecule has 0 fully saturated rings. The summed E-state index contributed by atoms with van der Waals surface area (Å²) in [7, 11) is 1.53. The lowest BCUT2D eigenvalue weighted by Gasteiger charge is -2.11. The molecule has 0 saturated carbocycles. The summed E-state index contributed by atoms with van der Waals surface area (Å²) >= 11 is 1.79. The van der Waals surface area contributed by atoms with E-state index in [1.165, 1.54) is 7.11 Å². The number of aliphatic imine (C=N–C) groups is 1. The second-order valence-electron chi connectivity index (χ2n) is 4.12. The van der Waals surface area contributed by atoms with Crippen molar-refractivity contribution in [2.75, 3.05) is 32.2 Å². The lowest BCUT2D eigenvalue weighted by atomic mass is 10.2. The molecule has 21 heavy (non-hydrogen) atoms. The Hall–Kier alpha value is -0.830. The van der Waals surface area contributed by atoms with Crippen LogP contribution < -0.4 is 15.4 Å². The minimum atomic E-state index is 0. The van der Waals surface area contributed by atoms with Gasteiger partial charge in [0, 0.05) is 18.8 Å². The van der Waals surface area contributed by atoms with E-state index in [2.05, 4.69) is 21.9 Å². The van der Waals surface area contributed by atoms with Gasteiger partial charge in [0.05, 0.1) is 13.7 Å². The largest absolute Gasteiger partial charge is 0.504 e. The molecule has 0 aliphatic heterocycles. The average molecular weight is 425 g/mol. The highest BCUT2D eigenvalue weighted by molar-refractivity contribution is 14.0. The summed E-state index contributed by atoms with van der Waals surface area (Å²) in [5, 5.41) is 16.2. The van der Waals surface area contributed by atoms with Gasteiger partial charge in [-0.2, -0.15) is 11.8 Å². The Labute approximate surface area is 148 Å². The number of thioether (sulfide) groups is 1. The normalized spacial score (nSPS) is 10.7. The van der Waals surface area contributed by atoms with E-state index in [9.17, 15) is 5.11 Å². The number of phenolic OH excluding ortho intramolecular Hbond substituents is 1. The molecule has 0 atom stereocenters. The highest BCUT2D eigenvalue weighted by Crippen LogP contribution is 2.26. The van der Waals surface area contributed by atoms with Crippen LogP contribution in [-0.4, -0.2) is 43.3 Å². The molecule has 3 N–H and O–H groups in total. The van der Waals surface area contributed by atoms with Crippen molar-refractivity contribution in [2.24, 2.45) is 4.99 Å². The molecule has 0 aromatic heterocycles. The number of phenols is 1. The maximum atomic E-state index is 9.73. The molecular weight excluding hydrogens is 401 g/mol. The van der Waals surface area contributed by atoms with E-state index >= 15 is 0 Å². The molecule has 0 saturated heterocycles. The standard InChI is InChI=1S/C14H23N3O2S.HI/c1-4-15-14(16-7-8-20-3)17-10-11-5-6-13(19-2)12(18)9-11;/h5-6,9,18H,4,7-8,10H2,1-3H3,(H2,15,16,17);1H. The van der Waals surface area contributed by atoms with Crippen LogP contribution in [0.1, 0.15) is 12.5 Å². The fourth-order valence-electron chi connectivity index (χ4n) is 1.62. The third-order valence-corrected chi connectivity index (χ3v) is 3.22. The Morgan fingerprint density at radius 3 is 2.71 bits per heavy atom. The second-order valence-corrected chi connectivity index (χ2v) is 5.11. The van der Waals surface area contributed by atoms with Crippen molar-refractivity contribution in [3.8, 4) is 11.5 Å². The van der Waals surface area contributed by atoms with Gasteiger partial charge in [-0.15, -0.1) is 24.0 Å². The minimum absolute atomic E-state index is 0. The van der Waals surface area contributed by atoms with Crippen LogP contribution in [0.4, 0.5) is 0 Å². The Morgan fingerprint density at radius 1 is 1.38 bits per heavy atom. The van der Waals surface area contributed by atoms with Crippen molar-refractivity contribution in [1.82, 2.24) is 10.6 Å². The summed E-state index contributed by atoms with van der Waals surface area (Å²) in [6.07, 6.45) is 2.08. The van der Waals surface area contributed by atoms with Crippen LogP contribution >= 0.6 is 35.7 Å². The topological polar surface area (TPSA) is 65.9 Å². The second kappa shape index (κ2) is 11.8. The van der Waals surface area contributed by atoms with E-state index in [1.54, 1.807) is 23.9 Å². The van der Waals surface area contributed by atoms with Gasteiger partial charge in [-0.25, -0.2) is 4.99 Å². The fourth-order valence-corrected chi connectivity index (χ4v) is 1.92. The molecule has 5 nitrogen and oxygen atoms in total. The van der Waals surface area contributed by atoms with E-state index in [4.69, 9.17) is 4.74 Å². The van der Waals surface area contributed by atoms with E-state index in [0.717, 1.165) is 30.4 Å². The first-order chi connectivity index (χ1) is 9.71. The summed E-state index contributed by atoms with van der Waals surface area (Å²) in [6, 6.07) is 5.32. The van der Waals surface area contributed by atoms with Gasteiger partial charge in [0.1, 0.15) is 0 Å². The lowest BCUT2D eigenvalue weighted by molar-refractivity contribution is 0.373. The predicted molar refractivity (Wildman–Crippen MR) is 101 cm³/mol. The van der Waals surface area contributed by atoms with Crippen LogP contribution in [0.15, 0.2) is 23.2 Å². The molecule has 0 amide bonds. The molecule has 0 aliphatic rings. The highest BCUT2D eigenvalue weighted by Gasteiger charge is 2.02. The third-order valence-electron chi connectivity index (χ3n) is 2.61. The van der Waals surface area contributed by atoms with Crippen molar-refractivity contribution in [2.45, 2.75) is 13.5 Å². The van der Waals surface area contributed by atoms with Crippen molar-refractivity contribution in [1.29, 1.82) is 0 Å².